The van der Waals surface area contributed by atoms with E-state index in [-0.39, 0.29) is 56.7 Å². The van der Waals surface area contributed by atoms with Crippen molar-refractivity contribution < 1.29 is 33.6 Å². The first-order valence-corrected chi connectivity index (χ1v) is 19.0. The number of fused-ring (bicyclic) bond motifs is 3. The number of thiazole rings is 1. The lowest BCUT2D eigenvalue weighted by molar-refractivity contribution is -0.141. The van der Waals surface area contributed by atoms with Crippen molar-refractivity contribution in [1.82, 2.24) is 45.5 Å². The minimum Gasteiger partial charge on any atom is -0.361 e. The quantitative estimate of drug-likeness (QED) is 0.286. The van der Waals surface area contributed by atoms with Crippen molar-refractivity contribution in [3.8, 4) is 0 Å². The molecule has 290 valence electrons. The Balaban J connectivity index is 1.44. The van der Waals surface area contributed by atoms with E-state index < -0.39 is 53.6 Å². The zero-order chi connectivity index (χ0) is 39.1. The molecule has 1 fully saturated rings. The molecule has 4 N–H and O–H groups in total. The number of aromatic amines is 1. The van der Waals surface area contributed by atoms with Gasteiger partial charge in [-0.1, -0.05) is 32.0 Å². The molecule has 2 bridgehead atoms. The molecule has 5 rings (SSSR count). The zero-order valence-electron chi connectivity index (χ0n) is 31.3. The number of para-hydroxylation sites is 1. The lowest BCUT2D eigenvalue weighted by atomic mass is 10.0. The molecule has 0 aliphatic carbocycles. The van der Waals surface area contributed by atoms with Crippen LogP contribution >= 0.6 is 11.3 Å². The summed E-state index contributed by atoms with van der Waals surface area (Å²) >= 11 is 1.19. The molecule has 1 aromatic carbocycles. The maximum absolute atomic E-state index is 13.9. The van der Waals surface area contributed by atoms with Gasteiger partial charge in [0, 0.05) is 69.1 Å². The molecular weight excluding hydrogens is 715 g/mol. The summed E-state index contributed by atoms with van der Waals surface area (Å²) in [6.07, 6.45) is 3.38. The maximum atomic E-state index is 13.9. The van der Waals surface area contributed by atoms with Gasteiger partial charge in [0.2, 0.25) is 35.4 Å². The van der Waals surface area contributed by atoms with Crippen LogP contribution in [0.25, 0.3) is 10.9 Å². The largest absolute Gasteiger partial charge is 0.361 e. The van der Waals surface area contributed by atoms with Crippen molar-refractivity contribution in [2.24, 2.45) is 5.92 Å². The Morgan fingerprint density at radius 1 is 0.907 bits per heavy atom. The molecule has 2 aromatic heterocycles. The predicted molar refractivity (Wildman–Crippen MR) is 201 cm³/mol. The molecule has 4 heterocycles. The van der Waals surface area contributed by atoms with Gasteiger partial charge in [-0.25, -0.2) is 4.98 Å². The Labute approximate surface area is 318 Å². The van der Waals surface area contributed by atoms with Gasteiger partial charge < -0.3 is 40.5 Å². The Kier molecular flexibility index (Phi) is 13.0. The number of carbonyl (C=O) groups excluding carboxylic acids is 7. The standard InChI is InChI=1S/C37H49N9O7S/c1-22(2)15-27-35-42-29(21-54-35)34(51)41-28(16-24-17-38-26-10-7-6-9-25(24)26)37(53)44(5)18-30(47)39-23(3)36(52)43(4)13-14-46(19-31(48)40-27)33(50)20-45-12-8-11-32(45)49/h6-7,9-10,17,21-23,27-28,38H,8,11-16,18-20H2,1-5H3,(H,39,47)(H,40,48)(H,41,51)/t23-,27-,28+/m0/s1. The summed E-state index contributed by atoms with van der Waals surface area (Å²) in [6.45, 7) is 5.05. The number of hydrogen-bond donors (Lipinski definition) is 4. The van der Waals surface area contributed by atoms with Gasteiger partial charge in [-0.2, -0.15) is 0 Å². The molecule has 3 aromatic rings. The van der Waals surface area contributed by atoms with Gasteiger partial charge in [-0.3, -0.25) is 33.6 Å². The van der Waals surface area contributed by atoms with Crippen LogP contribution in [0.4, 0.5) is 0 Å². The van der Waals surface area contributed by atoms with Gasteiger partial charge in [0.05, 0.1) is 25.7 Å². The van der Waals surface area contributed by atoms with Gasteiger partial charge >= 0.3 is 0 Å². The number of hydrogen-bond acceptors (Lipinski definition) is 9. The summed E-state index contributed by atoms with van der Waals surface area (Å²) in [6, 6.07) is 4.93. The summed E-state index contributed by atoms with van der Waals surface area (Å²) in [5.41, 5.74) is 1.71. The molecule has 2 aliphatic rings. The Bertz CT molecular complexity index is 1890. The van der Waals surface area contributed by atoms with E-state index in [0.29, 0.717) is 30.8 Å². The summed E-state index contributed by atoms with van der Waals surface area (Å²) < 4.78 is 0. The van der Waals surface area contributed by atoms with Crippen LogP contribution in [0.1, 0.15) is 67.1 Å². The topological polar surface area (TPSA) is 197 Å². The van der Waals surface area contributed by atoms with E-state index in [4.69, 9.17) is 0 Å². The van der Waals surface area contributed by atoms with Gasteiger partial charge in [-0.15, -0.1) is 11.3 Å². The van der Waals surface area contributed by atoms with E-state index >= 15 is 0 Å². The number of aromatic nitrogens is 2. The molecule has 0 spiro atoms. The van der Waals surface area contributed by atoms with Crippen LogP contribution in [0.2, 0.25) is 0 Å². The van der Waals surface area contributed by atoms with Gasteiger partial charge in [0.1, 0.15) is 22.8 Å². The molecule has 54 heavy (non-hydrogen) atoms. The molecule has 0 radical (unpaired) electrons. The van der Waals surface area contributed by atoms with E-state index in [1.165, 1.54) is 52.0 Å². The summed E-state index contributed by atoms with van der Waals surface area (Å²) in [4.78, 5) is 107. The number of nitrogens with one attached hydrogen (secondary N) is 4. The van der Waals surface area contributed by atoms with Crippen molar-refractivity contribution in [3.63, 3.8) is 0 Å². The van der Waals surface area contributed by atoms with Crippen LogP contribution in [-0.2, 0) is 35.2 Å². The highest BCUT2D eigenvalue weighted by Gasteiger charge is 2.31. The summed E-state index contributed by atoms with van der Waals surface area (Å²) in [5, 5.41) is 11.4. The first-order chi connectivity index (χ1) is 25.7. The van der Waals surface area contributed by atoms with Gasteiger partial charge in [0.15, 0.2) is 0 Å². The molecule has 17 heteroatoms. The fourth-order valence-corrected chi connectivity index (χ4v) is 7.52. The number of H-pyrrole nitrogens is 1. The molecular formula is C37H49N9O7S. The second kappa shape index (κ2) is 17.7. The monoisotopic (exact) mass is 763 g/mol. The van der Waals surface area contributed by atoms with Crippen LogP contribution in [0.15, 0.2) is 35.8 Å². The third-order valence-corrected chi connectivity index (χ3v) is 10.5. The SMILES string of the molecule is CC(C)C[C@@H]1NC(=O)CN(C(=O)CN2CCCC2=O)CCN(C)C(=O)[C@H](C)NC(=O)CN(C)C(=O)[C@@H](Cc2c[nH]c3ccccc23)NC(=O)c2csc1n2. The Hall–Kier alpha value is -5.32. The highest BCUT2D eigenvalue weighted by atomic mass is 32.1. The first kappa shape index (κ1) is 39.9. The molecule has 2 aliphatic heterocycles. The predicted octanol–water partition coefficient (Wildman–Crippen LogP) is 1.06. The minimum absolute atomic E-state index is 0.0112. The van der Waals surface area contributed by atoms with Gasteiger partial charge in [-0.05, 0) is 37.3 Å². The highest BCUT2D eigenvalue weighted by molar-refractivity contribution is 7.09. The van der Waals surface area contributed by atoms with Crippen molar-refractivity contribution in [3.05, 3.63) is 52.1 Å². The zero-order valence-corrected chi connectivity index (χ0v) is 32.2. The average Bonchev–Trinajstić information content (AvgIpc) is 3.88. The smallest absolute Gasteiger partial charge is 0.271 e. The minimum atomic E-state index is -1.08. The number of likely N-dealkylation sites (N-methyl/N-ethyl adjacent to an activating group) is 2. The van der Waals surface area contributed by atoms with E-state index in [2.05, 4.69) is 25.9 Å². The van der Waals surface area contributed by atoms with Crippen molar-refractivity contribution in [2.45, 2.75) is 64.6 Å². The fraction of sp³-hybridized carbons (Fsp3) is 0.514. The third kappa shape index (κ3) is 10.0. The number of carbonyl (C=O) groups is 7. The molecule has 3 atom stereocenters. The number of rotatable bonds is 6. The molecule has 0 saturated carbocycles. The van der Waals surface area contributed by atoms with Crippen molar-refractivity contribution in [1.29, 1.82) is 0 Å². The van der Waals surface area contributed by atoms with Crippen LogP contribution in [0, 0.1) is 5.92 Å². The second-order valence-corrected chi connectivity index (χ2v) is 15.3. The van der Waals surface area contributed by atoms with E-state index in [0.717, 1.165) is 16.5 Å². The number of likely N-dealkylation sites (tertiary alicyclic amines) is 1. The van der Waals surface area contributed by atoms with Crippen molar-refractivity contribution in [2.75, 3.05) is 53.4 Å². The average molecular weight is 764 g/mol. The van der Waals surface area contributed by atoms with Crippen LogP contribution < -0.4 is 16.0 Å². The summed E-state index contributed by atoms with van der Waals surface area (Å²) in [5.74, 6) is -3.10. The number of benzene rings is 1. The summed E-state index contributed by atoms with van der Waals surface area (Å²) in [7, 11) is 2.98. The molecule has 0 unspecified atom stereocenters. The number of nitrogens with zero attached hydrogens (tertiary/aromatic N) is 5. The lowest BCUT2D eigenvalue weighted by Gasteiger charge is -2.29. The number of amides is 7. The lowest BCUT2D eigenvalue weighted by Crippen LogP contribution is -2.53. The van der Waals surface area contributed by atoms with E-state index in [9.17, 15) is 33.6 Å². The first-order valence-electron chi connectivity index (χ1n) is 18.2. The third-order valence-electron chi connectivity index (χ3n) is 9.57. The molecule has 1 saturated heterocycles. The van der Waals surface area contributed by atoms with Crippen LogP contribution in [0.3, 0.4) is 0 Å². The molecule has 7 amide bonds. The van der Waals surface area contributed by atoms with Crippen LogP contribution in [0.5, 0.6) is 0 Å². The Morgan fingerprint density at radius 3 is 2.37 bits per heavy atom. The Morgan fingerprint density at radius 2 is 1.65 bits per heavy atom. The fourth-order valence-electron chi connectivity index (χ4n) is 6.66. The normalized spacial score (nSPS) is 21.7. The highest BCUT2D eigenvalue weighted by Crippen LogP contribution is 2.25. The maximum Gasteiger partial charge on any atom is 0.271 e. The molecule has 16 nitrogen and oxygen atoms in total. The van der Waals surface area contributed by atoms with E-state index in [1.54, 1.807) is 11.6 Å². The van der Waals surface area contributed by atoms with E-state index in [1.807, 2.05) is 38.1 Å². The van der Waals surface area contributed by atoms with Gasteiger partial charge in [0.25, 0.3) is 5.91 Å². The second-order valence-electron chi connectivity index (χ2n) is 14.4. The van der Waals surface area contributed by atoms with Crippen LogP contribution in [-0.4, -0.2) is 136 Å². The van der Waals surface area contributed by atoms with Crippen molar-refractivity contribution >= 4 is 63.6 Å².